The highest BCUT2D eigenvalue weighted by Gasteiger charge is 2.37. The molecule has 1 fully saturated rings. The Morgan fingerprint density at radius 2 is 1.78 bits per heavy atom. The van der Waals surface area contributed by atoms with Gasteiger partial charge in [0.15, 0.2) is 0 Å². The Hall–Kier alpha value is -2.91. The summed E-state index contributed by atoms with van der Waals surface area (Å²) in [6, 6.07) is 9.35. The van der Waals surface area contributed by atoms with Crippen molar-refractivity contribution in [3.05, 3.63) is 47.5 Å². The lowest BCUT2D eigenvalue weighted by Gasteiger charge is -2.38. The Bertz CT molecular complexity index is 1190. The van der Waals surface area contributed by atoms with Crippen LogP contribution in [-0.2, 0) is 19.6 Å². The quantitative estimate of drug-likeness (QED) is 0.690. The van der Waals surface area contributed by atoms with Crippen molar-refractivity contribution in [2.24, 2.45) is 0 Å². The predicted octanol–water partition coefficient (Wildman–Crippen LogP) is 3.24. The molecule has 2 aromatic carbocycles. The Morgan fingerprint density at radius 1 is 1.09 bits per heavy atom. The number of hydrogen-bond donors (Lipinski definition) is 1. The molecule has 0 spiro atoms. The van der Waals surface area contributed by atoms with Crippen LogP contribution in [0.1, 0.15) is 50.3 Å². The van der Waals surface area contributed by atoms with Gasteiger partial charge < -0.3 is 9.47 Å². The maximum absolute atomic E-state index is 13.4. The molecule has 2 aromatic rings. The molecule has 1 unspecified atom stereocenters. The first-order chi connectivity index (χ1) is 15.0. The summed E-state index contributed by atoms with van der Waals surface area (Å²) < 4.78 is 40.8. The number of hydrogen-bond acceptors (Lipinski definition) is 6. The average molecular weight is 459 g/mol. The Balaban J connectivity index is 1.72. The number of anilines is 1. The van der Waals surface area contributed by atoms with Crippen LogP contribution in [0.2, 0.25) is 0 Å². The van der Waals surface area contributed by atoms with Crippen LogP contribution in [0.5, 0.6) is 11.5 Å². The van der Waals surface area contributed by atoms with Crippen LogP contribution in [0, 0.1) is 6.92 Å². The van der Waals surface area contributed by atoms with E-state index in [4.69, 9.17) is 9.47 Å². The molecular formula is C23H26N2O6S. The molecule has 9 heteroatoms. The van der Waals surface area contributed by atoms with Crippen molar-refractivity contribution in [2.45, 2.75) is 56.6 Å². The number of aryl methyl sites for hydroxylation is 1. The van der Waals surface area contributed by atoms with Gasteiger partial charge in [-0.3, -0.25) is 9.59 Å². The molecule has 2 aliphatic heterocycles. The van der Waals surface area contributed by atoms with Crippen molar-refractivity contribution in [1.29, 1.82) is 0 Å². The van der Waals surface area contributed by atoms with Crippen molar-refractivity contribution >= 4 is 27.5 Å². The normalized spacial score (nSPS) is 20.1. The summed E-state index contributed by atoms with van der Waals surface area (Å²) >= 11 is 0. The minimum atomic E-state index is -3.99. The van der Waals surface area contributed by atoms with E-state index in [1.165, 1.54) is 25.3 Å². The standard InChI is InChI=1S/C23H26N2O6S/c1-14-5-7-19-16(11-14)17(13-23(2,3)31-19)24-32(28,29)15-6-8-20(30-4)18(12-15)25-21(26)9-10-22(25)27/h5-8,11-12,17,24H,9-10,13H2,1-4H3. The van der Waals surface area contributed by atoms with Gasteiger partial charge in [0.05, 0.1) is 23.7 Å². The lowest BCUT2D eigenvalue weighted by atomic mass is 9.89. The second-order valence-electron chi connectivity index (χ2n) is 8.74. The third-order valence-corrected chi connectivity index (χ3v) is 7.14. The minimum Gasteiger partial charge on any atom is -0.495 e. The molecule has 1 saturated heterocycles. The van der Waals surface area contributed by atoms with Gasteiger partial charge >= 0.3 is 0 Å². The number of benzene rings is 2. The molecule has 1 N–H and O–H groups in total. The van der Waals surface area contributed by atoms with E-state index in [1.807, 2.05) is 39.0 Å². The van der Waals surface area contributed by atoms with E-state index in [9.17, 15) is 18.0 Å². The van der Waals surface area contributed by atoms with Gasteiger partial charge in [-0.05, 0) is 45.0 Å². The van der Waals surface area contributed by atoms with Gasteiger partial charge in [0.25, 0.3) is 0 Å². The molecule has 2 amide bonds. The summed E-state index contributed by atoms with van der Waals surface area (Å²) in [5.41, 5.74) is 1.33. The predicted molar refractivity (Wildman–Crippen MR) is 118 cm³/mol. The molecule has 0 aromatic heterocycles. The van der Waals surface area contributed by atoms with Crippen LogP contribution >= 0.6 is 0 Å². The van der Waals surface area contributed by atoms with E-state index in [1.54, 1.807) is 0 Å². The van der Waals surface area contributed by atoms with Crippen molar-refractivity contribution in [3.8, 4) is 11.5 Å². The Labute approximate surface area is 187 Å². The third kappa shape index (κ3) is 4.10. The number of rotatable bonds is 5. The van der Waals surface area contributed by atoms with Crippen LogP contribution in [0.4, 0.5) is 5.69 Å². The van der Waals surface area contributed by atoms with E-state index in [-0.39, 0.29) is 41.0 Å². The largest absolute Gasteiger partial charge is 0.495 e. The number of carbonyl (C=O) groups is 2. The number of fused-ring (bicyclic) bond motifs is 1. The third-order valence-electron chi connectivity index (χ3n) is 5.67. The molecule has 0 saturated carbocycles. The summed E-state index contributed by atoms with van der Waals surface area (Å²) in [6.07, 6.45) is 0.615. The first-order valence-corrected chi connectivity index (χ1v) is 11.8. The van der Waals surface area contributed by atoms with Crippen LogP contribution in [-0.4, -0.2) is 32.9 Å². The van der Waals surface area contributed by atoms with Gasteiger partial charge in [-0.15, -0.1) is 0 Å². The topological polar surface area (TPSA) is 102 Å². The fourth-order valence-corrected chi connectivity index (χ4v) is 5.43. The van der Waals surface area contributed by atoms with E-state index < -0.39 is 21.7 Å². The highest BCUT2D eigenvalue weighted by atomic mass is 32.2. The maximum atomic E-state index is 13.4. The molecule has 0 bridgehead atoms. The van der Waals surface area contributed by atoms with Crippen LogP contribution in [0.25, 0.3) is 0 Å². The van der Waals surface area contributed by atoms with Gasteiger partial charge in [-0.25, -0.2) is 18.0 Å². The number of amides is 2. The van der Waals surface area contributed by atoms with E-state index >= 15 is 0 Å². The molecular weight excluding hydrogens is 432 g/mol. The number of imide groups is 1. The van der Waals surface area contributed by atoms with Gasteiger partial charge in [-0.1, -0.05) is 17.7 Å². The van der Waals surface area contributed by atoms with E-state index in [0.717, 1.165) is 16.0 Å². The van der Waals surface area contributed by atoms with Crippen LogP contribution in [0.3, 0.4) is 0 Å². The van der Waals surface area contributed by atoms with Gasteiger partial charge in [-0.2, -0.15) is 0 Å². The fraction of sp³-hybridized carbons (Fsp3) is 0.391. The highest BCUT2D eigenvalue weighted by Crippen LogP contribution is 2.41. The number of carbonyl (C=O) groups excluding carboxylic acids is 2. The van der Waals surface area contributed by atoms with Gasteiger partial charge in [0.1, 0.15) is 17.1 Å². The first kappa shape index (κ1) is 22.3. The SMILES string of the molecule is COc1ccc(S(=O)(=O)NC2CC(C)(C)Oc3ccc(C)cc32)cc1N1C(=O)CCC1=O. The molecule has 1 atom stereocenters. The van der Waals surface area contributed by atoms with Crippen molar-refractivity contribution in [3.63, 3.8) is 0 Å². The molecule has 8 nitrogen and oxygen atoms in total. The van der Waals surface area contributed by atoms with Crippen LogP contribution < -0.4 is 19.1 Å². The van der Waals surface area contributed by atoms with E-state index in [0.29, 0.717) is 12.2 Å². The summed E-state index contributed by atoms with van der Waals surface area (Å²) in [7, 11) is -2.59. The lowest BCUT2D eigenvalue weighted by molar-refractivity contribution is -0.121. The van der Waals surface area contributed by atoms with Crippen molar-refractivity contribution < 1.29 is 27.5 Å². The first-order valence-electron chi connectivity index (χ1n) is 10.4. The average Bonchev–Trinajstić information content (AvgIpc) is 3.05. The summed E-state index contributed by atoms with van der Waals surface area (Å²) in [4.78, 5) is 25.4. The molecule has 0 aliphatic carbocycles. The molecule has 32 heavy (non-hydrogen) atoms. The minimum absolute atomic E-state index is 0.0562. The lowest BCUT2D eigenvalue weighted by Crippen LogP contribution is -2.41. The summed E-state index contributed by atoms with van der Waals surface area (Å²) in [5.74, 6) is 0.127. The number of nitrogens with one attached hydrogen (secondary N) is 1. The van der Waals surface area contributed by atoms with Gasteiger partial charge in [0.2, 0.25) is 21.8 Å². The number of sulfonamides is 1. The highest BCUT2D eigenvalue weighted by molar-refractivity contribution is 7.89. The number of methoxy groups -OCH3 is 1. The molecule has 4 rings (SSSR count). The Morgan fingerprint density at radius 3 is 2.44 bits per heavy atom. The van der Waals surface area contributed by atoms with Crippen molar-refractivity contribution in [1.82, 2.24) is 4.72 Å². The van der Waals surface area contributed by atoms with E-state index in [2.05, 4.69) is 4.72 Å². The number of nitrogens with zero attached hydrogens (tertiary/aromatic N) is 1. The molecule has 2 heterocycles. The second-order valence-corrected chi connectivity index (χ2v) is 10.5. The zero-order valence-corrected chi connectivity index (χ0v) is 19.3. The summed E-state index contributed by atoms with van der Waals surface area (Å²) in [6.45, 7) is 5.76. The van der Waals surface area contributed by atoms with Gasteiger partial charge in [0, 0.05) is 24.8 Å². The zero-order valence-electron chi connectivity index (χ0n) is 18.5. The molecule has 2 aliphatic rings. The van der Waals surface area contributed by atoms with Crippen LogP contribution in [0.15, 0.2) is 41.3 Å². The second kappa shape index (κ2) is 7.90. The monoisotopic (exact) mass is 458 g/mol. The Kier molecular flexibility index (Phi) is 5.50. The number of ether oxygens (including phenoxy) is 2. The van der Waals surface area contributed by atoms with Crippen molar-refractivity contribution in [2.75, 3.05) is 12.0 Å². The fourth-order valence-electron chi connectivity index (χ4n) is 4.19. The smallest absolute Gasteiger partial charge is 0.241 e. The molecule has 0 radical (unpaired) electrons. The zero-order chi connectivity index (χ0) is 23.3. The summed E-state index contributed by atoms with van der Waals surface area (Å²) in [5, 5.41) is 0. The maximum Gasteiger partial charge on any atom is 0.241 e. The molecule has 170 valence electrons.